The number of nitrogens with one attached hydrogen (secondary N) is 2. The maximum absolute atomic E-state index is 4.69. The van der Waals surface area contributed by atoms with Crippen LogP contribution in [0, 0.1) is 12.3 Å². The van der Waals surface area contributed by atoms with E-state index < -0.39 is 0 Å². The van der Waals surface area contributed by atoms with E-state index >= 15 is 0 Å². The van der Waals surface area contributed by atoms with E-state index in [1.165, 1.54) is 6.42 Å². The zero-order valence-electron chi connectivity index (χ0n) is 12.8. The highest BCUT2D eigenvalue weighted by Gasteiger charge is 2.46. The lowest BCUT2D eigenvalue weighted by molar-refractivity contribution is 0.629. The molecule has 106 valence electrons. The average Bonchev–Trinajstić information content (AvgIpc) is 2.93. The highest BCUT2D eigenvalue weighted by Crippen LogP contribution is 2.46. The Hall–Kier alpha value is -1.32. The molecule has 1 aliphatic carbocycles. The first-order valence-electron chi connectivity index (χ1n) is 7.35. The summed E-state index contributed by atoms with van der Waals surface area (Å²) in [6.07, 6.45) is 3.22. The molecule has 0 bridgehead atoms. The van der Waals surface area contributed by atoms with Crippen molar-refractivity contribution in [3.8, 4) is 0 Å². The second-order valence-corrected chi connectivity index (χ2v) is 6.13. The fourth-order valence-electron chi connectivity index (χ4n) is 2.26. The fourth-order valence-corrected chi connectivity index (χ4v) is 2.26. The molecule has 1 aromatic rings. The number of hydrogen-bond acceptors (Lipinski definition) is 4. The Bertz CT molecular complexity index is 454. The number of aromatic nitrogens is 2. The smallest absolute Gasteiger partial charge is 0.135 e. The second kappa shape index (κ2) is 5.35. The van der Waals surface area contributed by atoms with Crippen LogP contribution in [-0.2, 0) is 6.42 Å². The summed E-state index contributed by atoms with van der Waals surface area (Å²) < 4.78 is 0. The topological polar surface area (TPSA) is 49.8 Å². The molecule has 1 aromatic heterocycles. The van der Waals surface area contributed by atoms with Crippen LogP contribution in [0.2, 0.25) is 0 Å². The minimum Gasteiger partial charge on any atom is -0.370 e. The van der Waals surface area contributed by atoms with E-state index in [2.05, 4.69) is 55.2 Å². The van der Waals surface area contributed by atoms with Crippen LogP contribution in [0.5, 0.6) is 0 Å². The Morgan fingerprint density at radius 3 is 2.37 bits per heavy atom. The molecular formula is C15H26N4. The molecular weight excluding hydrogens is 236 g/mol. The molecule has 1 saturated carbocycles. The van der Waals surface area contributed by atoms with Crippen molar-refractivity contribution >= 4 is 11.6 Å². The van der Waals surface area contributed by atoms with E-state index in [0.717, 1.165) is 42.4 Å². The molecule has 0 radical (unpaired) electrons. The van der Waals surface area contributed by atoms with Crippen LogP contribution in [0.25, 0.3) is 0 Å². The standard InChI is InChI=1S/C15H26N4/c1-6-8-12-18-13(16-7-2)10(3)14(19-12)17-11-9-15(11,4)5/h11H,6-9H2,1-5H3,(H2,16,17,18,19). The van der Waals surface area contributed by atoms with Crippen LogP contribution in [0.3, 0.4) is 0 Å². The number of nitrogens with zero attached hydrogens (tertiary/aromatic N) is 2. The third-order valence-electron chi connectivity index (χ3n) is 3.83. The molecule has 1 atom stereocenters. The van der Waals surface area contributed by atoms with Gasteiger partial charge in [-0.15, -0.1) is 0 Å². The Kier molecular flexibility index (Phi) is 3.97. The Labute approximate surface area is 116 Å². The number of anilines is 2. The third-order valence-corrected chi connectivity index (χ3v) is 3.83. The van der Waals surface area contributed by atoms with Crippen LogP contribution in [0.15, 0.2) is 0 Å². The second-order valence-electron chi connectivity index (χ2n) is 6.13. The van der Waals surface area contributed by atoms with Gasteiger partial charge in [0.05, 0.1) is 0 Å². The van der Waals surface area contributed by atoms with Gasteiger partial charge in [0.2, 0.25) is 0 Å². The Balaban J connectivity index is 2.24. The van der Waals surface area contributed by atoms with Crippen LogP contribution in [-0.4, -0.2) is 22.6 Å². The molecule has 2 N–H and O–H groups in total. The first kappa shape index (κ1) is 14.1. The number of hydrogen-bond donors (Lipinski definition) is 2. The summed E-state index contributed by atoms with van der Waals surface area (Å²) in [6.45, 7) is 11.8. The van der Waals surface area contributed by atoms with Gasteiger partial charge in [-0.2, -0.15) is 0 Å². The van der Waals surface area contributed by atoms with E-state index in [0.29, 0.717) is 11.5 Å². The molecule has 0 aromatic carbocycles. The fraction of sp³-hybridized carbons (Fsp3) is 0.733. The van der Waals surface area contributed by atoms with Gasteiger partial charge in [-0.1, -0.05) is 20.8 Å². The first-order chi connectivity index (χ1) is 8.97. The quantitative estimate of drug-likeness (QED) is 0.825. The van der Waals surface area contributed by atoms with Gasteiger partial charge < -0.3 is 10.6 Å². The summed E-state index contributed by atoms with van der Waals surface area (Å²) in [6, 6.07) is 0.546. The monoisotopic (exact) mass is 262 g/mol. The normalized spacial score (nSPS) is 20.2. The minimum absolute atomic E-state index is 0.403. The van der Waals surface area contributed by atoms with Crippen molar-refractivity contribution in [2.75, 3.05) is 17.2 Å². The van der Waals surface area contributed by atoms with E-state index in [1.807, 2.05) is 0 Å². The van der Waals surface area contributed by atoms with Crippen molar-refractivity contribution in [3.05, 3.63) is 11.4 Å². The van der Waals surface area contributed by atoms with E-state index in [4.69, 9.17) is 0 Å². The summed E-state index contributed by atoms with van der Waals surface area (Å²) in [5.74, 6) is 2.91. The Morgan fingerprint density at radius 2 is 1.84 bits per heavy atom. The van der Waals surface area contributed by atoms with Crippen LogP contribution in [0.1, 0.15) is 51.9 Å². The lowest BCUT2D eigenvalue weighted by atomic mass is 10.2. The largest absolute Gasteiger partial charge is 0.370 e. The highest BCUT2D eigenvalue weighted by atomic mass is 15.1. The van der Waals surface area contributed by atoms with E-state index in [-0.39, 0.29) is 0 Å². The van der Waals surface area contributed by atoms with Gasteiger partial charge in [-0.05, 0) is 32.1 Å². The molecule has 0 spiro atoms. The third kappa shape index (κ3) is 3.17. The summed E-state index contributed by atoms with van der Waals surface area (Å²) in [4.78, 5) is 9.30. The molecule has 1 unspecified atom stereocenters. The van der Waals surface area contributed by atoms with E-state index in [9.17, 15) is 0 Å². The summed E-state index contributed by atoms with van der Waals surface area (Å²) in [7, 11) is 0. The summed E-state index contributed by atoms with van der Waals surface area (Å²) in [5.41, 5.74) is 1.53. The van der Waals surface area contributed by atoms with Crippen molar-refractivity contribution in [2.45, 2.75) is 59.9 Å². The van der Waals surface area contributed by atoms with Crippen molar-refractivity contribution in [1.29, 1.82) is 0 Å². The van der Waals surface area contributed by atoms with Gasteiger partial charge in [0.1, 0.15) is 17.5 Å². The lowest BCUT2D eigenvalue weighted by Gasteiger charge is -2.15. The van der Waals surface area contributed by atoms with Crippen molar-refractivity contribution in [1.82, 2.24) is 9.97 Å². The van der Waals surface area contributed by atoms with Crippen molar-refractivity contribution < 1.29 is 0 Å². The summed E-state index contributed by atoms with van der Waals surface area (Å²) in [5, 5.41) is 6.92. The van der Waals surface area contributed by atoms with Gasteiger partial charge >= 0.3 is 0 Å². The molecule has 1 heterocycles. The van der Waals surface area contributed by atoms with Gasteiger partial charge in [-0.25, -0.2) is 9.97 Å². The Morgan fingerprint density at radius 1 is 1.21 bits per heavy atom. The molecule has 0 aliphatic heterocycles. The highest BCUT2D eigenvalue weighted by molar-refractivity contribution is 5.58. The molecule has 4 nitrogen and oxygen atoms in total. The van der Waals surface area contributed by atoms with Gasteiger partial charge in [0.15, 0.2) is 0 Å². The van der Waals surface area contributed by atoms with Crippen LogP contribution in [0.4, 0.5) is 11.6 Å². The van der Waals surface area contributed by atoms with Gasteiger partial charge in [-0.3, -0.25) is 0 Å². The number of rotatable bonds is 6. The maximum Gasteiger partial charge on any atom is 0.135 e. The summed E-state index contributed by atoms with van der Waals surface area (Å²) >= 11 is 0. The van der Waals surface area contributed by atoms with Crippen LogP contribution < -0.4 is 10.6 Å². The zero-order valence-corrected chi connectivity index (χ0v) is 12.8. The van der Waals surface area contributed by atoms with Gasteiger partial charge in [0, 0.05) is 24.6 Å². The average molecular weight is 262 g/mol. The predicted molar refractivity (Wildman–Crippen MR) is 80.7 cm³/mol. The van der Waals surface area contributed by atoms with Crippen molar-refractivity contribution in [2.24, 2.45) is 5.41 Å². The minimum atomic E-state index is 0.403. The molecule has 2 rings (SSSR count). The lowest BCUT2D eigenvalue weighted by Crippen LogP contribution is -2.14. The zero-order chi connectivity index (χ0) is 14.0. The SMILES string of the molecule is CCCc1nc(NCC)c(C)c(NC2CC2(C)C)n1. The molecule has 0 amide bonds. The molecule has 19 heavy (non-hydrogen) atoms. The van der Waals surface area contributed by atoms with Crippen molar-refractivity contribution in [3.63, 3.8) is 0 Å². The molecule has 4 heteroatoms. The first-order valence-corrected chi connectivity index (χ1v) is 7.35. The molecule has 1 aliphatic rings. The maximum atomic E-state index is 4.69. The van der Waals surface area contributed by atoms with Gasteiger partial charge in [0.25, 0.3) is 0 Å². The van der Waals surface area contributed by atoms with E-state index in [1.54, 1.807) is 0 Å². The predicted octanol–water partition coefficient (Wildman–Crippen LogP) is 3.38. The van der Waals surface area contributed by atoms with Crippen LogP contribution >= 0.6 is 0 Å². The molecule has 1 fully saturated rings. The molecule has 0 saturated heterocycles. The number of aryl methyl sites for hydroxylation is 1.